The van der Waals surface area contributed by atoms with Gasteiger partial charge < -0.3 is 14.7 Å². The largest absolute Gasteiger partial charge is 0.340 e. The van der Waals surface area contributed by atoms with E-state index in [2.05, 4.69) is 11.9 Å². The number of rotatable bonds is 5. The zero-order valence-corrected chi connectivity index (χ0v) is 17.3. The molecular weight excluding hydrogens is 358 g/mol. The van der Waals surface area contributed by atoms with Gasteiger partial charge in [0, 0.05) is 50.6 Å². The van der Waals surface area contributed by atoms with Gasteiger partial charge in [-0.1, -0.05) is 12.1 Å². The third-order valence-electron chi connectivity index (χ3n) is 5.77. The maximum atomic E-state index is 13.0. The number of thioether (sulfide) groups is 1. The minimum absolute atomic E-state index is 0.134. The second-order valence-electron chi connectivity index (χ2n) is 7.68. The first-order valence-electron chi connectivity index (χ1n) is 9.97. The summed E-state index contributed by atoms with van der Waals surface area (Å²) in [5.41, 5.74) is 0.805. The highest BCUT2D eigenvalue weighted by Gasteiger charge is 2.27. The summed E-state index contributed by atoms with van der Waals surface area (Å²) in [4.78, 5) is 32.8. The molecule has 2 aliphatic heterocycles. The van der Waals surface area contributed by atoms with Crippen LogP contribution in [0.3, 0.4) is 0 Å². The van der Waals surface area contributed by atoms with Crippen molar-refractivity contribution in [2.75, 3.05) is 52.6 Å². The van der Waals surface area contributed by atoms with Crippen molar-refractivity contribution >= 4 is 23.6 Å². The van der Waals surface area contributed by atoms with E-state index in [9.17, 15) is 9.59 Å². The Morgan fingerprint density at radius 2 is 1.81 bits per heavy atom. The third-order valence-corrected chi connectivity index (χ3v) is 6.56. The number of amides is 2. The topological polar surface area (TPSA) is 43.9 Å². The van der Waals surface area contributed by atoms with Crippen LogP contribution in [0, 0.1) is 5.92 Å². The fourth-order valence-electron chi connectivity index (χ4n) is 4.02. The second-order valence-corrected chi connectivity index (χ2v) is 8.53. The predicted octanol–water partition coefficient (Wildman–Crippen LogP) is 2.81. The van der Waals surface area contributed by atoms with Crippen LogP contribution in [-0.2, 0) is 4.79 Å². The number of hydrogen-bond donors (Lipinski definition) is 0. The maximum absolute atomic E-state index is 13.0. The zero-order valence-electron chi connectivity index (χ0n) is 16.5. The van der Waals surface area contributed by atoms with E-state index in [1.54, 1.807) is 11.8 Å². The van der Waals surface area contributed by atoms with Crippen molar-refractivity contribution in [3.05, 3.63) is 29.8 Å². The minimum Gasteiger partial charge on any atom is -0.340 e. The van der Waals surface area contributed by atoms with E-state index >= 15 is 0 Å². The molecule has 0 saturated carbocycles. The molecule has 6 heteroatoms. The Morgan fingerprint density at radius 3 is 2.56 bits per heavy atom. The van der Waals surface area contributed by atoms with Crippen LogP contribution < -0.4 is 0 Å². The Morgan fingerprint density at radius 1 is 1.07 bits per heavy atom. The lowest BCUT2D eigenvalue weighted by molar-refractivity contribution is -0.133. The summed E-state index contributed by atoms with van der Waals surface area (Å²) in [5.74, 6) is 0.842. The van der Waals surface area contributed by atoms with Crippen LogP contribution in [0.15, 0.2) is 29.2 Å². The van der Waals surface area contributed by atoms with E-state index in [1.807, 2.05) is 40.3 Å². The van der Waals surface area contributed by atoms with Gasteiger partial charge in [0.05, 0.1) is 5.56 Å². The molecule has 1 aromatic rings. The van der Waals surface area contributed by atoms with Crippen LogP contribution in [0.5, 0.6) is 0 Å². The van der Waals surface area contributed by atoms with E-state index < -0.39 is 0 Å². The Balaban J connectivity index is 1.52. The van der Waals surface area contributed by atoms with Gasteiger partial charge in [0.25, 0.3) is 5.91 Å². The normalized spacial score (nSPS) is 21.3. The molecule has 0 N–H and O–H groups in total. The quantitative estimate of drug-likeness (QED) is 0.727. The molecule has 2 saturated heterocycles. The van der Waals surface area contributed by atoms with Gasteiger partial charge in [-0.15, -0.1) is 11.8 Å². The summed E-state index contributed by atoms with van der Waals surface area (Å²) in [6.45, 7) is 5.22. The third kappa shape index (κ3) is 5.26. The molecule has 0 bridgehead atoms. The molecule has 148 valence electrons. The van der Waals surface area contributed by atoms with Gasteiger partial charge in [-0.2, -0.15) is 0 Å². The Bertz CT molecular complexity index is 659. The van der Waals surface area contributed by atoms with Gasteiger partial charge in [-0.05, 0) is 50.6 Å². The molecule has 27 heavy (non-hydrogen) atoms. The van der Waals surface area contributed by atoms with E-state index in [0.717, 1.165) is 69.0 Å². The molecule has 3 rings (SSSR count). The van der Waals surface area contributed by atoms with Crippen molar-refractivity contribution < 1.29 is 9.59 Å². The molecule has 2 amide bonds. The second kappa shape index (κ2) is 9.60. The summed E-state index contributed by atoms with van der Waals surface area (Å²) >= 11 is 1.62. The molecule has 0 aliphatic carbocycles. The van der Waals surface area contributed by atoms with E-state index in [-0.39, 0.29) is 11.8 Å². The molecule has 1 atom stereocenters. The van der Waals surface area contributed by atoms with Crippen LogP contribution in [0.4, 0.5) is 0 Å². The number of likely N-dealkylation sites (N-methyl/N-ethyl adjacent to an activating group) is 1. The SMILES string of the molecule is CSc1ccccc1C(=O)N1CCCC(CCC(=O)N2CCN(C)CC2)C1. The molecule has 0 aromatic heterocycles. The lowest BCUT2D eigenvalue weighted by atomic mass is 9.92. The number of piperazine rings is 1. The van der Waals surface area contributed by atoms with E-state index in [1.165, 1.54) is 0 Å². The van der Waals surface area contributed by atoms with Crippen molar-refractivity contribution in [3.8, 4) is 0 Å². The molecule has 2 fully saturated rings. The molecule has 0 radical (unpaired) electrons. The lowest BCUT2D eigenvalue weighted by Crippen LogP contribution is -2.47. The van der Waals surface area contributed by atoms with Gasteiger partial charge in [0.2, 0.25) is 5.91 Å². The molecular formula is C21H31N3O2S. The highest BCUT2D eigenvalue weighted by Crippen LogP contribution is 2.26. The summed E-state index contributed by atoms with van der Waals surface area (Å²) in [6.07, 6.45) is 5.65. The highest BCUT2D eigenvalue weighted by molar-refractivity contribution is 7.98. The number of carbonyl (C=O) groups is 2. The number of likely N-dealkylation sites (tertiary alicyclic amines) is 1. The van der Waals surface area contributed by atoms with Crippen molar-refractivity contribution in [1.82, 2.24) is 14.7 Å². The number of benzene rings is 1. The van der Waals surface area contributed by atoms with Gasteiger partial charge in [0.1, 0.15) is 0 Å². The van der Waals surface area contributed by atoms with Gasteiger partial charge >= 0.3 is 0 Å². The standard InChI is InChI=1S/C21H31N3O2S/c1-22-12-14-23(15-13-22)20(25)10-9-17-6-5-11-24(16-17)21(26)18-7-3-4-8-19(18)27-2/h3-4,7-8,17H,5-6,9-16H2,1-2H3. The van der Waals surface area contributed by atoms with Gasteiger partial charge in [-0.3, -0.25) is 9.59 Å². The Hall–Kier alpha value is -1.53. The smallest absolute Gasteiger partial charge is 0.254 e. The zero-order chi connectivity index (χ0) is 19.2. The number of piperidine rings is 1. The molecule has 1 unspecified atom stereocenters. The summed E-state index contributed by atoms with van der Waals surface area (Å²) < 4.78 is 0. The first-order chi connectivity index (χ1) is 13.1. The average molecular weight is 390 g/mol. The summed E-state index contributed by atoms with van der Waals surface area (Å²) in [5, 5.41) is 0. The predicted molar refractivity (Wildman–Crippen MR) is 110 cm³/mol. The summed E-state index contributed by atoms with van der Waals surface area (Å²) in [6, 6.07) is 7.84. The van der Waals surface area contributed by atoms with Crippen molar-refractivity contribution in [1.29, 1.82) is 0 Å². The average Bonchev–Trinajstić information content (AvgIpc) is 2.72. The van der Waals surface area contributed by atoms with Crippen LogP contribution in [-0.4, -0.2) is 79.1 Å². The van der Waals surface area contributed by atoms with Gasteiger partial charge in [0.15, 0.2) is 0 Å². The molecule has 2 heterocycles. The monoisotopic (exact) mass is 389 g/mol. The number of hydrogen-bond acceptors (Lipinski definition) is 4. The number of nitrogens with zero attached hydrogens (tertiary/aromatic N) is 3. The van der Waals surface area contributed by atoms with Crippen molar-refractivity contribution in [2.45, 2.75) is 30.6 Å². The van der Waals surface area contributed by atoms with Crippen LogP contribution in [0.1, 0.15) is 36.0 Å². The van der Waals surface area contributed by atoms with Crippen molar-refractivity contribution in [2.24, 2.45) is 5.92 Å². The first-order valence-corrected chi connectivity index (χ1v) is 11.2. The lowest BCUT2D eigenvalue weighted by Gasteiger charge is -2.35. The van der Waals surface area contributed by atoms with Crippen LogP contribution in [0.25, 0.3) is 0 Å². The molecule has 0 spiro atoms. The number of carbonyl (C=O) groups excluding carboxylic acids is 2. The maximum Gasteiger partial charge on any atom is 0.254 e. The van der Waals surface area contributed by atoms with Crippen molar-refractivity contribution in [3.63, 3.8) is 0 Å². The Labute approximate surface area is 167 Å². The molecule has 2 aliphatic rings. The Kier molecular flexibility index (Phi) is 7.19. The highest BCUT2D eigenvalue weighted by atomic mass is 32.2. The van der Waals surface area contributed by atoms with E-state index in [0.29, 0.717) is 12.3 Å². The van der Waals surface area contributed by atoms with Crippen LogP contribution >= 0.6 is 11.8 Å². The first kappa shape index (κ1) is 20.2. The minimum atomic E-state index is 0.134. The fourth-order valence-corrected chi connectivity index (χ4v) is 4.61. The molecule has 1 aromatic carbocycles. The fraction of sp³-hybridized carbons (Fsp3) is 0.619. The molecule has 5 nitrogen and oxygen atoms in total. The van der Waals surface area contributed by atoms with Crippen LogP contribution in [0.2, 0.25) is 0 Å². The van der Waals surface area contributed by atoms with E-state index in [4.69, 9.17) is 0 Å². The van der Waals surface area contributed by atoms with Gasteiger partial charge in [-0.25, -0.2) is 0 Å². The summed E-state index contributed by atoms with van der Waals surface area (Å²) in [7, 11) is 2.10.